The predicted molar refractivity (Wildman–Crippen MR) is 64.5 cm³/mol. The average Bonchev–Trinajstić information content (AvgIpc) is 3.06. The first kappa shape index (κ1) is 11.2. The van der Waals surface area contributed by atoms with Gasteiger partial charge in [0.2, 0.25) is 0 Å². The van der Waals surface area contributed by atoms with Gasteiger partial charge >= 0.3 is 5.97 Å². The minimum absolute atomic E-state index is 0.0290. The van der Waals surface area contributed by atoms with Gasteiger partial charge in [-0.25, -0.2) is 9.18 Å². The van der Waals surface area contributed by atoms with Crippen LogP contribution in [0.3, 0.4) is 0 Å². The summed E-state index contributed by atoms with van der Waals surface area (Å²) in [7, 11) is 0. The second-order valence-electron chi connectivity index (χ2n) is 6.97. The van der Waals surface area contributed by atoms with Crippen molar-refractivity contribution in [2.24, 2.45) is 35.5 Å². The minimum Gasteiger partial charge on any atom is -0.460 e. The van der Waals surface area contributed by atoms with E-state index in [4.69, 9.17) is 4.74 Å². The molecule has 18 heavy (non-hydrogen) atoms. The molecule has 0 aromatic heterocycles. The quantitative estimate of drug-likeness (QED) is 0.558. The number of hydrogen-bond acceptors (Lipinski definition) is 2. The molecule has 0 radical (unpaired) electrons. The number of alkyl halides is 1. The molecule has 2 nitrogen and oxygen atoms in total. The highest BCUT2D eigenvalue weighted by Gasteiger charge is 2.63. The number of carbonyl (C=O) groups excluding carboxylic acids is 1. The molecule has 4 rings (SSSR count). The van der Waals surface area contributed by atoms with E-state index < -0.39 is 12.1 Å². The third-order valence-electron chi connectivity index (χ3n) is 6.27. The summed E-state index contributed by atoms with van der Waals surface area (Å²) in [4.78, 5) is 11.4. The Balaban J connectivity index is 1.50. The fourth-order valence-electron chi connectivity index (χ4n) is 5.88. The van der Waals surface area contributed by atoms with Crippen LogP contribution in [0.5, 0.6) is 0 Å². The Labute approximate surface area is 107 Å². The summed E-state index contributed by atoms with van der Waals surface area (Å²) in [6.45, 7) is 1.27. The third-order valence-corrected chi connectivity index (χ3v) is 6.27. The fraction of sp³-hybridized carbons (Fsp3) is 0.933. The molecule has 4 aliphatic rings. The van der Waals surface area contributed by atoms with Crippen LogP contribution in [0, 0.1) is 35.5 Å². The van der Waals surface area contributed by atoms with Crippen LogP contribution in [-0.4, -0.2) is 18.2 Å². The maximum atomic E-state index is 12.9. The number of fused-ring (bicyclic) bond motifs is 9. The minimum atomic E-state index is -1.47. The van der Waals surface area contributed by atoms with Crippen molar-refractivity contribution in [1.82, 2.24) is 0 Å². The Morgan fingerprint density at radius 2 is 1.83 bits per heavy atom. The van der Waals surface area contributed by atoms with Gasteiger partial charge < -0.3 is 4.74 Å². The van der Waals surface area contributed by atoms with E-state index in [0.29, 0.717) is 5.92 Å². The molecule has 0 heterocycles. The van der Waals surface area contributed by atoms with E-state index in [0.717, 1.165) is 36.0 Å². The first-order valence-electron chi connectivity index (χ1n) is 7.49. The summed E-state index contributed by atoms with van der Waals surface area (Å²) in [5, 5.41) is 0. The monoisotopic (exact) mass is 252 g/mol. The van der Waals surface area contributed by atoms with Crippen LogP contribution in [0.1, 0.15) is 39.0 Å². The molecule has 0 aromatic rings. The number of carbonyl (C=O) groups is 1. The van der Waals surface area contributed by atoms with Gasteiger partial charge in [-0.15, -0.1) is 0 Å². The molecule has 8 atom stereocenters. The van der Waals surface area contributed by atoms with Crippen molar-refractivity contribution in [3.05, 3.63) is 0 Å². The van der Waals surface area contributed by atoms with E-state index in [1.165, 1.54) is 32.6 Å². The molecule has 4 fully saturated rings. The molecule has 0 aromatic carbocycles. The summed E-state index contributed by atoms with van der Waals surface area (Å²) in [6, 6.07) is 0. The van der Waals surface area contributed by atoms with Crippen LogP contribution in [-0.2, 0) is 9.53 Å². The molecular formula is C15H21FO2. The molecule has 4 bridgehead atoms. The zero-order valence-corrected chi connectivity index (χ0v) is 10.8. The van der Waals surface area contributed by atoms with E-state index in [9.17, 15) is 9.18 Å². The smallest absolute Gasteiger partial charge is 0.340 e. The molecule has 8 unspecified atom stereocenters. The molecule has 4 saturated carbocycles. The predicted octanol–water partition coefficient (Wildman–Crippen LogP) is 2.96. The maximum Gasteiger partial charge on any atom is 0.340 e. The number of ether oxygens (including phenoxy) is 1. The van der Waals surface area contributed by atoms with Crippen LogP contribution in [0.2, 0.25) is 0 Å². The Morgan fingerprint density at radius 3 is 2.56 bits per heavy atom. The van der Waals surface area contributed by atoms with Crippen LogP contribution >= 0.6 is 0 Å². The van der Waals surface area contributed by atoms with Crippen LogP contribution in [0.25, 0.3) is 0 Å². The zero-order valence-electron chi connectivity index (χ0n) is 10.8. The van der Waals surface area contributed by atoms with Gasteiger partial charge in [-0.1, -0.05) is 0 Å². The molecule has 0 amide bonds. The van der Waals surface area contributed by atoms with E-state index in [-0.39, 0.29) is 6.10 Å². The van der Waals surface area contributed by atoms with Gasteiger partial charge in [-0.2, -0.15) is 0 Å². The maximum absolute atomic E-state index is 12.9. The highest BCUT2D eigenvalue weighted by atomic mass is 19.1. The molecule has 3 heteroatoms. The lowest BCUT2D eigenvalue weighted by molar-refractivity contribution is -0.159. The van der Waals surface area contributed by atoms with Crippen molar-refractivity contribution in [3.63, 3.8) is 0 Å². The van der Waals surface area contributed by atoms with Crippen LogP contribution in [0.15, 0.2) is 0 Å². The summed E-state index contributed by atoms with van der Waals surface area (Å²) in [6.07, 6.45) is 5.04. The van der Waals surface area contributed by atoms with Crippen molar-refractivity contribution in [2.45, 2.75) is 51.3 Å². The van der Waals surface area contributed by atoms with E-state index >= 15 is 0 Å². The van der Waals surface area contributed by atoms with E-state index in [1.54, 1.807) is 0 Å². The summed E-state index contributed by atoms with van der Waals surface area (Å²) in [5.74, 6) is 4.25. The molecular weight excluding hydrogens is 231 g/mol. The van der Waals surface area contributed by atoms with Gasteiger partial charge in [-0.3, -0.25) is 0 Å². The number of rotatable bonds is 2. The standard InChI is InChI=1S/C15H21FO2/c1-7(16)15(17)18-12-6-10-5-11(12)14-9-3-2-8(4-9)13(10)14/h7-14H,2-6H2,1H3. The first-order valence-corrected chi connectivity index (χ1v) is 7.49. The van der Waals surface area contributed by atoms with E-state index in [2.05, 4.69) is 0 Å². The van der Waals surface area contributed by atoms with Gasteiger partial charge in [0, 0.05) is 0 Å². The lowest BCUT2D eigenvalue weighted by Crippen LogP contribution is -2.38. The molecule has 0 N–H and O–H groups in total. The molecule has 100 valence electrons. The largest absolute Gasteiger partial charge is 0.460 e. The first-order chi connectivity index (χ1) is 8.65. The third kappa shape index (κ3) is 1.36. The van der Waals surface area contributed by atoms with Gasteiger partial charge in [0.15, 0.2) is 6.17 Å². The van der Waals surface area contributed by atoms with Crippen molar-refractivity contribution in [2.75, 3.05) is 0 Å². The lowest BCUT2D eigenvalue weighted by atomic mass is 9.70. The Morgan fingerprint density at radius 1 is 1.11 bits per heavy atom. The van der Waals surface area contributed by atoms with Crippen LogP contribution in [0.4, 0.5) is 4.39 Å². The highest BCUT2D eigenvalue weighted by Crippen LogP contribution is 2.67. The number of halogens is 1. The second-order valence-corrected chi connectivity index (χ2v) is 6.97. The van der Waals surface area contributed by atoms with Gasteiger partial charge in [0.25, 0.3) is 0 Å². The second kappa shape index (κ2) is 3.71. The molecule has 0 aliphatic heterocycles. The van der Waals surface area contributed by atoms with Crippen molar-refractivity contribution < 1.29 is 13.9 Å². The van der Waals surface area contributed by atoms with Gasteiger partial charge in [0.1, 0.15) is 6.10 Å². The Hall–Kier alpha value is -0.600. The molecule has 4 aliphatic carbocycles. The number of hydrogen-bond donors (Lipinski definition) is 0. The van der Waals surface area contributed by atoms with Crippen molar-refractivity contribution in [1.29, 1.82) is 0 Å². The number of esters is 1. The Bertz CT molecular complexity index is 381. The highest BCUT2D eigenvalue weighted by molar-refractivity contribution is 5.74. The Kier molecular flexibility index (Phi) is 2.31. The van der Waals surface area contributed by atoms with Gasteiger partial charge in [-0.05, 0) is 74.5 Å². The zero-order chi connectivity index (χ0) is 12.4. The van der Waals surface area contributed by atoms with E-state index in [1.807, 2.05) is 0 Å². The fourth-order valence-corrected chi connectivity index (χ4v) is 5.88. The summed E-state index contributed by atoms with van der Waals surface area (Å²) < 4.78 is 18.3. The van der Waals surface area contributed by atoms with Crippen molar-refractivity contribution >= 4 is 5.97 Å². The van der Waals surface area contributed by atoms with Crippen LogP contribution < -0.4 is 0 Å². The summed E-state index contributed by atoms with van der Waals surface area (Å²) in [5.41, 5.74) is 0. The summed E-state index contributed by atoms with van der Waals surface area (Å²) >= 11 is 0. The average molecular weight is 252 g/mol. The normalized spacial score (nSPS) is 53.6. The van der Waals surface area contributed by atoms with Gasteiger partial charge in [0.05, 0.1) is 0 Å². The SMILES string of the molecule is CC(F)C(=O)OC1CC2CC1C1C3CCC(C3)C21. The topological polar surface area (TPSA) is 26.3 Å². The van der Waals surface area contributed by atoms with Crippen molar-refractivity contribution in [3.8, 4) is 0 Å². The lowest BCUT2D eigenvalue weighted by Gasteiger charge is -2.38. The molecule has 0 saturated heterocycles. The molecule has 0 spiro atoms.